The van der Waals surface area contributed by atoms with Gasteiger partial charge in [-0.25, -0.2) is 9.98 Å². The van der Waals surface area contributed by atoms with E-state index >= 15 is 0 Å². The summed E-state index contributed by atoms with van der Waals surface area (Å²) >= 11 is 0. The predicted octanol–water partition coefficient (Wildman–Crippen LogP) is 4.01. The number of rotatable bonds is 9. The second kappa shape index (κ2) is 10.6. The number of benzene rings is 3. The molecule has 0 aliphatic carbocycles. The second-order valence-corrected chi connectivity index (χ2v) is 10.6. The van der Waals surface area contributed by atoms with Gasteiger partial charge in [0.15, 0.2) is 17.4 Å². The van der Waals surface area contributed by atoms with Crippen LogP contribution in [0.2, 0.25) is 0 Å². The molecule has 0 radical (unpaired) electrons. The minimum absolute atomic E-state index is 0.152. The van der Waals surface area contributed by atoms with Crippen molar-refractivity contribution in [2.45, 2.75) is 30.1 Å². The van der Waals surface area contributed by atoms with E-state index in [0.717, 1.165) is 16.7 Å². The third kappa shape index (κ3) is 4.59. The number of nitrogens with one attached hydrogen (secondary N) is 1. The molecule has 0 amide bonds. The van der Waals surface area contributed by atoms with Crippen LogP contribution >= 0.6 is 0 Å². The van der Waals surface area contributed by atoms with Crippen LogP contribution in [0.4, 0.5) is 5.95 Å². The van der Waals surface area contributed by atoms with E-state index in [2.05, 4.69) is 56.3 Å². The summed E-state index contributed by atoms with van der Waals surface area (Å²) in [4.78, 5) is 30.2. The number of hydrogen-bond acceptors (Lipinski definition) is 7. The quantitative estimate of drug-likeness (QED) is 0.125. The molecule has 0 unspecified atom stereocenters. The molecule has 4 heterocycles. The zero-order valence-electron chi connectivity index (χ0n) is 23.2. The number of H-pyrrole nitrogens is 1. The number of aromatic nitrogens is 4. The topological polar surface area (TPSA) is 110 Å². The molecule has 212 valence electrons. The Hall–Kier alpha value is -4.64. The van der Waals surface area contributed by atoms with Crippen molar-refractivity contribution in [2.75, 3.05) is 20.7 Å². The highest BCUT2D eigenvalue weighted by Gasteiger charge is 2.59. The van der Waals surface area contributed by atoms with Crippen molar-refractivity contribution in [3.63, 3.8) is 0 Å². The van der Waals surface area contributed by atoms with Crippen LogP contribution in [0.25, 0.3) is 11.2 Å². The molecule has 3 aromatic carbocycles. The SMILES string of the molecule is CN(C)C=Nc1nc2c(ncn2[C@@H]2O[C@H](COC(c3ccccc3)(c3ccccc3)c3ccccc3)[C@H]3O[C@H]32)c(=O)[nH]1. The molecule has 0 saturated carbocycles. The van der Waals surface area contributed by atoms with E-state index in [1.54, 1.807) is 22.1 Å². The molecule has 5 aromatic rings. The van der Waals surface area contributed by atoms with Gasteiger partial charge in [-0.15, -0.1) is 0 Å². The fourth-order valence-corrected chi connectivity index (χ4v) is 5.66. The van der Waals surface area contributed by atoms with Crippen LogP contribution in [-0.4, -0.2) is 69.8 Å². The molecule has 0 bridgehead atoms. The first kappa shape index (κ1) is 26.3. The molecular weight excluding hydrogens is 532 g/mol. The van der Waals surface area contributed by atoms with Crippen molar-refractivity contribution in [1.82, 2.24) is 24.4 Å². The maximum atomic E-state index is 12.7. The van der Waals surface area contributed by atoms with Gasteiger partial charge in [-0.2, -0.15) is 4.98 Å². The van der Waals surface area contributed by atoms with Crippen molar-refractivity contribution in [3.05, 3.63) is 124 Å². The van der Waals surface area contributed by atoms with E-state index in [9.17, 15) is 4.79 Å². The average molecular weight is 563 g/mol. The van der Waals surface area contributed by atoms with Gasteiger partial charge in [0.1, 0.15) is 23.9 Å². The summed E-state index contributed by atoms with van der Waals surface area (Å²) in [7, 11) is 3.68. The Labute approximate surface area is 242 Å². The number of hydrogen-bond donors (Lipinski definition) is 1. The van der Waals surface area contributed by atoms with Crippen molar-refractivity contribution in [2.24, 2.45) is 4.99 Å². The van der Waals surface area contributed by atoms with Gasteiger partial charge in [0.2, 0.25) is 5.95 Å². The monoisotopic (exact) mass is 562 g/mol. The lowest BCUT2D eigenvalue weighted by atomic mass is 9.80. The smallest absolute Gasteiger partial charge is 0.280 e. The molecule has 42 heavy (non-hydrogen) atoms. The van der Waals surface area contributed by atoms with Crippen LogP contribution in [0.5, 0.6) is 0 Å². The van der Waals surface area contributed by atoms with Crippen LogP contribution in [0.15, 0.2) is 107 Å². The fourth-order valence-electron chi connectivity index (χ4n) is 5.66. The molecule has 2 saturated heterocycles. The number of imidazole rings is 1. The maximum absolute atomic E-state index is 12.7. The molecule has 7 rings (SSSR count). The van der Waals surface area contributed by atoms with E-state index in [1.165, 1.54) is 0 Å². The zero-order chi connectivity index (χ0) is 28.7. The van der Waals surface area contributed by atoms with E-state index in [4.69, 9.17) is 14.2 Å². The first-order valence-electron chi connectivity index (χ1n) is 13.8. The molecule has 4 atom stereocenters. The maximum Gasteiger partial charge on any atom is 0.280 e. The van der Waals surface area contributed by atoms with Crippen molar-refractivity contribution < 1.29 is 14.2 Å². The Bertz CT molecular complexity index is 1670. The number of nitrogens with zero attached hydrogens (tertiary/aromatic N) is 5. The second-order valence-electron chi connectivity index (χ2n) is 10.6. The number of fused-ring (bicyclic) bond motifs is 2. The van der Waals surface area contributed by atoms with Crippen LogP contribution in [0.1, 0.15) is 22.9 Å². The predicted molar refractivity (Wildman–Crippen MR) is 158 cm³/mol. The highest BCUT2D eigenvalue weighted by Crippen LogP contribution is 2.47. The molecule has 2 aliphatic heterocycles. The molecular formula is C32H30N6O4. The summed E-state index contributed by atoms with van der Waals surface area (Å²) in [5.41, 5.74) is 2.41. The summed E-state index contributed by atoms with van der Waals surface area (Å²) in [5, 5.41) is 0. The zero-order valence-corrected chi connectivity index (χ0v) is 23.2. The third-order valence-corrected chi connectivity index (χ3v) is 7.63. The highest BCUT2D eigenvalue weighted by atomic mass is 16.7. The third-order valence-electron chi connectivity index (χ3n) is 7.63. The Morgan fingerprint density at radius 1 is 0.929 bits per heavy atom. The summed E-state index contributed by atoms with van der Waals surface area (Å²) in [6.07, 6.45) is 1.93. The van der Waals surface area contributed by atoms with Gasteiger partial charge in [-0.1, -0.05) is 91.0 Å². The van der Waals surface area contributed by atoms with Crippen molar-refractivity contribution in [3.8, 4) is 0 Å². The lowest BCUT2D eigenvalue weighted by Gasteiger charge is -2.37. The highest BCUT2D eigenvalue weighted by molar-refractivity contribution is 5.71. The average Bonchev–Trinajstić information content (AvgIpc) is 3.57. The van der Waals surface area contributed by atoms with E-state index in [-0.39, 0.29) is 41.9 Å². The van der Waals surface area contributed by atoms with Crippen LogP contribution in [-0.2, 0) is 19.8 Å². The Morgan fingerprint density at radius 2 is 1.52 bits per heavy atom. The lowest BCUT2D eigenvalue weighted by molar-refractivity contribution is -0.115. The summed E-state index contributed by atoms with van der Waals surface area (Å²) in [6, 6.07) is 30.7. The molecule has 0 spiro atoms. The molecule has 2 aliphatic rings. The Kier molecular flexibility index (Phi) is 6.66. The first-order chi connectivity index (χ1) is 20.5. The molecule has 10 heteroatoms. The minimum atomic E-state index is -0.870. The standard InChI is InChI=1S/C32H30N6O4/c1-37(2)19-34-31-35-28-25(29(39)36-31)33-20-38(28)30-27-26(42-27)24(41-30)18-40-32(21-12-6-3-7-13-21,22-14-8-4-9-15-22)23-16-10-5-11-17-23/h3-17,19-20,24,26-27,30H,18H2,1-2H3,(H,35,36,39)/t24-,26-,27-,30-/m1/s1. The van der Waals surface area contributed by atoms with Gasteiger partial charge in [0, 0.05) is 14.1 Å². The van der Waals surface area contributed by atoms with Gasteiger partial charge < -0.3 is 19.1 Å². The van der Waals surface area contributed by atoms with E-state index in [1.807, 2.05) is 68.7 Å². The van der Waals surface area contributed by atoms with E-state index in [0.29, 0.717) is 5.65 Å². The number of aromatic amines is 1. The summed E-state index contributed by atoms with van der Waals surface area (Å²) in [5.74, 6) is 0.187. The van der Waals surface area contributed by atoms with Gasteiger partial charge in [0.25, 0.3) is 5.56 Å². The molecule has 2 aromatic heterocycles. The summed E-state index contributed by atoms with van der Waals surface area (Å²) < 4.78 is 21.3. The Balaban J connectivity index is 1.21. The minimum Gasteiger partial charge on any atom is -0.369 e. The Morgan fingerprint density at radius 3 is 2.10 bits per heavy atom. The fraction of sp³-hybridized carbons (Fsp3) is 0.250. The van der Waals surface area contributed by atoms with Gasteiger partial charge >= 0.3 is 0 Å². The lowest BCUT2D eigenvalue weighted by Crippen LogP contribution is -2.37. The van der Waals surface area contributed by atoms with Crippen molar-refractivity contribution >= 4 is 23.5 Å². The van der Waals surface area contributed by atoms with E-state index < -0.39 is 11.8 Å². The van der Waals surface area contributed by atoms with Gasteiger partial charge in [0.05, 0.1) is 19.3 Å². The number of ether oxygens (including phenoxy) is 3. The van der Waals surface area contributed by atoms with Crippen molar-refractivity contribution in [1.29, 1.82) is 0 Å². The van der Waals surface area contributed by atoms with Crippen LogP contribution in [0.3, 0.4) is 0 Å². The van der Waals surface area contributed by atoms with Crippen LogP contribution in [0, 0.1) is 0 Å². The summed E-state index contributed by atoms with van der Waals surface area (Å²) in [6.45, 7) is 0.273. The molecule has 1 N–H and O–H groups in total. The first-order valence-corrected chi connectivity index (χ1v) is 13.8. The normalized spacial score (nSPS) is 21.6. The van der Waals surface area contributed by atoms with Gasteiger partial charge in [-0.3, -0.25) is 14.3 Å². The largest absolute Gasteiger partial charge is 0.369 e. The molecule has 10 nitrogen and oxygen atoms in total. The molecule has 2 fully saturated rings. The van der Waals surface area contributed by atoms with Gasteiger partial charge in [-0.05, 0) is 16.7 Å². The van der Waals surface area contributed by atoms with Crippen LogP contribution < -0.4 is 5.56 Å². The number of epoxide rings is 1. The number of aliphatic imine (C=N–C) groups is 1.